The lowest BCUT2D eigenvalue weighted by atomic mass is 10.0. The van der Waals surface area contributed by atoms with Crippen molar-refractivity contribution in [2.24, 2.45) is 0 Å². The molecule has 3 rings (SSSR count). The van der Waals surface area contributed by atoms with Gasteiger partial charge in [-0.2, -0.15) is 13.2 Å². The van der Waals surface area contributed by atoms with Crippen LogP contribution in [0.3, 0.4) is 0 Å². The van der Waals surface area contributed by atoms with Gasteiger partial charge in [0.25, 0.3) is 5.91 Å². The van der Waals surface area contributed by atoms with E-state index in [1.54, 1.807) is 18.2 Å². The summed E-state index contributed by atoms with van der Waals surface area (Å²) in [5.74, 6) is 0.237. The summed E-state index contributed by atoms with van der Waals surface area (Å²) in [5.41, 5.74) is 0.512. The molecule has 0 spiro atoms. The van der Waals surface area contributed by atoms with Crippen LogP contribution in [-0.4, -0.2) is 41.5 Å². The third-order valence-corrected chi connectivity index (χ3v) is 4.87. The van der Waals surface area contributed by atoms with Gasteiger partial charge in [0.2, 0.25) is 5.88 Å². The molecule has 1 saturated heterocycles. The molecule has 5 nitrogen and oxygen atoms in total. The van der Waals surface area contributed by atoms with Crippen LogP contribution >= 0.6 is 0 Å². The second-order valence-electron chi connectivity index (χ2n) is 7.04. The smallest absolute Gasteiger partial charge is 0.416 e. The van der Waals surface area contributed by atoms with Crippen molar-refractivity contribution in [2.75, 3.05) is 19.7 Å². The minimum atomic E-state index is -4.33. The van der Waals surface area contributed by atoms with Gasteiger partial charge in [0, 0.05) is 43.5 Å². The largest absolute Gasteiger partial charge is 0.478 e. The summed E-state index contributed by atoms with van der Waals surface area (Å²) in [5, 5.41) is 3.02. The number of nitrogens with zero attached hydrogens (tertiary/aromatic N) is 2. The van der Waals surface area contributed by atoms with Crippen molar-refractivity contribution in [1.29, 1.82) is 0 Å². The fourth-order valence-corrected chi connectivity index (χ4v) is 3.39. The predicted octanol–water partition coefficient (Wildman–Crippen LogP) is 3.89. The Morgan fingerprint density at radius 2 is 2.00 bits per heavy atom. The van der Waals surface area contributed by atoms with E-state index in [4.69, 9.17) is 4.74 Å². The van der Waals surface area contributed by atoms with Crippen LogP contribution < -0.4 is 10.1 Å². The monoisotopic (exact) mass is 407 g/mol. The number of hydrogen-bond donors (Lipinski definition) is 1. The Balaban J connectivity index is 1.51. The van der Waals surface area contributed by atoms with Crippen LogP contribution in [0.2, 0.25) is 0 Å². The highest BCUT2D eigenvalue weighted by molar-refractivity contribution is 5.94. The Morgan fingerprint density at radius 3 is 2.69 bits per heavy atom. The van der Waals surface area contributed by atoms with Gasteiger partial charge in [0.15, 0.2) is 0 Å². The summed E-state index contributed by atoms with van der Waals surface area (Å²) in [6.45, 7) is 4.21. The van der Waals surface area contributed by atoms with Gasteiger partial charge in [-0.25, -0.2) is 4.98 Å². The van der Waals surface area contributed by atoms with Gasteiger partial charge in [-0.3, -0.25) is 9.69 Å². The molecular formula is C21H24F3N3O2. The minimum Gasteiger partial charge on any atom is -0.478 e. The van der Waals surface area contributed by atoms with E-state index in [2.05, 4.69) is 15.2 Å². The topological polar surface area (TPSA) is 54.5 Å². The van der Waals surface area contributed by atoms with Gasteiger partial charge in [-0.05, 0) is 37.5 Å². The van der Waals surface area contributed by atoms with Crippen LogP contribution in [-0.2, 0) is 12.7 Å². The first-order valence-corrected chi connectivity index (χ1v) is 9.63. The number of nitrogens with one attached hydrogen (secondary N) is 1. The van der Waals surface area contributed by atoms with E-state index in [9.17, 15) is 18.0 Å². The van der Waals surface area contributed by atoms with Gasteiger partial charge in [0.05, 0.1) is 12.2 Å². The number of alkyl halides is 3. The van der Waals surface area contributed by atoms with Crippen LogP contribution in [0, 0.1) is 0 Å². The Morgan fingerprint density at radius 1 is 1.24 bits per heavy atom. The number of rotatable bonds is 6. The highest BCUT2D eigenvalue weighted by atomic mass is 19.4. The van der Waals surface area contributed by atoms with Crippen molar-refractivity contribution in [1.82, 2.24) is 15.2 Å². The standard InChI is InChI=1S/C21H24F3N3O2/c1-2-29-19-13-16(6-9-25-19)20(28)26-18-7-10-27(11-8-18)14-15-4-3-5-17(12-15)21(22,23)24/h3-6,9,12-13,18H,2,7-8,10-11,14H2,1H3,(H,26,28). The molecular weight excluding hydrogens is 383 g/mol. The molecule has 0 unspecified atom stereocenters. The fraction of sp³-hybridized carbons (Fsp3) is 0.429. The summed E-state index contributed by atoms with van der Waals surface area (Å²) in [4.78, 5) is 18.6. The molecule has 1 aliphatic heterocycles. The number of hydrogen-bond acceptors (Lipinski definition) is 4. The number of carbonyl (C=O) groups excluding carboxylic acids is 1. The molecule has 29 heavy (non-hydrogen) atoms. The Bertz CT molecular complexity index is 834. The van der Waals surface area contributed by atoms with E-state index >= 15 is 0 Å². The first-order chi connectivity index (χ1) is 13.8. The average Bonchev–Trinajstić information content (AvgIpc) is 2.69. The Kier molecular flexibility index (Phi) is 6.74. The minimum absolute atomic E-state index is 0.0315. The van der Waals surface area contributed by atoms with Crippen molar-refractivity contribution < 1.29 is 22.7 Å². The molecule has 1 aromatic heterocycles. The summed E-state index contributed by atoms with van der Waals surface area (Å²) in [6.07, 6.45) is -1.30. The lowest BCUT2D eigenvalue weighted by molar-refractivity contribution is -0.137. The van der Waals surface area contributed by atoms with Crippen molar-refractivity contribution in [2.45, 2.75) is 38.5 Å². The maximum atomic E-state index is 12.9. The summed E-state index contributed by atoms with van der Waals surface area (Å²) in [7, 11) is 0. The number of amides is 1. The number of carbonyl (C=O) groups is 1. The number of piperidine rings is 1. The lowest BCUT2D eigenvalue weighted by Crippen LogP contribution is -2.44. The number of ether oxygens (including phenoxy) is 1. The number of pyridine rings is 1. The third kappa shape index (κ3) is 5.93. The molecule has 1 amide bonds. The molecule has 1 aliphatic rings. The molecule has 0 bridgehead atoms. The molecule has 1 aromatic carbocycles. The molecule has 0 atom stereocenters. The number of benzene rings is 1. The van der Waals surface area contributed by atoms with Crippen LogP contribution in [0.25, 0.3) is 0 Å². The van der Waals surface area contributed by atoms with Crippen molar-refractivity contribution in [3.8, 4) is 5.88 Å². The highest BCUT2D eigenvalue weighted by Crippen LogP contribution is 2.30. The molecule has 2 aromatic rings. The van der Waals surface area contributed by atoms with Crippen LogP contribution in [0.5, 0.6) is 5.88 Å². The van der Waals surface area contributed by atoms with Crippen LogP contribution in [0.1, 0.15) is 41.3 Å². The van der Waals surface area contributed by atoms with E-state index in [-0.39, 0.29) is 11.9 Å². The van der Waals surface area contributed by atoms with E-state index < -0.39 is 11.7 Å². The number of halogens is 3. The Labute approximate surface area is 167 Å². The second-order valence-corrected chi connectivity index (χ2v) is 7.04. The molecule has 0 saturated carbocycles. The summed E-state index contributed by atoms with van der Waals surface area (Å²) in [6, 6.07) is 8.72. The van der Waals surface area contributed by atoms with Crippen LogP contribution in [0.4, 0.5) is 13.2 Å². The van der Waals surface area contributed by atoms with Crippen molar-refractivity contribution >= 4 is 5.91 Å². The highest BCUT2D eigenvalue weighted by Gasteiger charge is 2.30. The van der Waals surface area contributed by atoms with Crippen molar-refractivity contribution in [3.05, 3.63) is 59.3 Å². The SMILES string of the molecule is CCOc1cc(C(=O)NC2CCN(Cc3cccc(C(F)(F)F)c3)CC2)ccn1. The van der Waals surface area contributed by atoms with E-state index in [0.29, 0.717) is 43.2 Å². The third-order valence-electron chi connectivity index (χ3n) is 4.87. The van der Waals surface area contributed by atoms with Gasteiger partial charge < -0.3 is 10.1 Å². The second kappa shape index (κ2) is 9.26. The number of likely N-dealkylation sites (tertiary alicyclic amines) is 1. The molecule has 0 aliphatic carbocycles. The molecule has 156 valence electrons. The summed E-state index contributed by atoms with van der Waals surface area (Å²) < 4.78 is 43.9. The summed E-state index contributed by atoms with van der Waals surface area (Å²) >= 11 is 0. The molecule has 1 N–H and O–H groups in total. The zero-order chi connectivity index (χ0) is 20.9. The van der Waals surface area contributed by atoms with E-state index in [0.717, 1.165) is 18.9 Å². The maximum absolute atomic E-state index is 12.9. The first kappa shape index (κ1) is 21.1. The predicted molar refractivity (Wildman–Crippen MR) is 103 cm³/mol. The quantitative estimate of drug-likeness (QED) is 0.789. The molecule has 8 heteroatoms. The van der Waals surface area contributed by atoms with E-state index in [1.807, 2.05) is 6.92 Å². The molecule has 2 heterocycles. The maximum Gasteiger partial charge on any atom is 0.416 e. The fourth-order valence-electron chi connectivity index (χ4n) is 3.39. The normalized spacial score (nSPS) is 15.9. The van der Waals surface area contributed by atoms with Crippen LogP contribution in [0.15, 0.2) is 42.6 Å². The van der Waals surface area contributed by atoms with Gasteiger partial charge >= 0.3 is 6.18 Å². The zero-order valence-electron chi connectivity index (χ0n) is 16.2. The van der Waals surface area contributed by atoms with Crippen molar-refractivity contribution in [3.63, 3.8) is 0 Å². The Hall–Kier alpha value is -2.61. The van der Waals surface area contributed by atoms with Gasteiger partial charge in [-0.1, -0.05) is 18.2 Å². The average molecular weight is 407 g/mol. The van der Waals surface area contributed by atoms with E-state index in [1.165, 1.54) is 18.3 Å². The first-order valence-electron chi connectivity index (χ1n) is 9.63. The molecule has 1 fully saturated rings. The lowest BCUT2D eigenvalue weighted by Gasteiger charge is -2.32. The molecule has 0 radical (unpaired) electrons. The van der Waals surface area contributed by atoms with Gasteiger partial charge in [0.1, 0.15) is 0 Å². The number of aromatic nitrogens is 1. The van der Waals surface area contributed by atoms with Gasteiger partial charge in [-0.15, -0.1) is 0 Å². The zero-order valence-corrected chi connectivity index (χ0v) is 16.2.